The van der Waals surface area contributed by atoms with Crippen LogP contribution >= 0.6 is 0 Å². The molecule has 0 N–H and O–H groups in total. The third-order valence-electron chi connectivity index (χ3n) is 6.41. The van der Waals surface area contributed by atoms with Gasteiger partial charge in [0.2, 0.25) is 0 Å². The zero-order valence-electron chi connectivity index (χ0n) is 21.2. The average Bonchev–Trinajstić information content (AvgIpc) is 2.87. The topological polar surface area (TPSA) is 9.23 Å². The van der Waals surface area contributed by atoms with E-state index in [0.29, 0.717) is 5.92 Å². The number of methoxy groups -OCH3 is 1. The van der Waals surface area contributed by atoms with Gasteiger partial charge in [0.25, 0.3) is 0 Å². The Morgan fingerprint density at radius 3 is 1.85 bits per heavy atom. The maximum atomic E-state index is 5.34. The molecular formula is C32H46O. The van der Waals surface area contributed by atoms with Crippen LogP contribution < -0.4 is 4.74 Å². The van der Waals surface area contributed by atoms with Crippen LogP contribution in [0.4, 0.5) is 0 Å². The fourth-order valence-corrected chi connectivity index (χ4v) is 4.38. The van der Waals surface area contributed by atoms with E-state index in [1.165, 1.54) is 88.2 Å². The Morgan fingerprint density at radius 2 is 1.21 bits per heavy atom. The van der Waals surface area contributed by atoms with Gasteiger partial charge in [-0.25, -0.2) is 0 Å². The summed E-state index contributed by atoms with van der Waals surface area (Å²) in [5, 5.41) is 0. The first-order valence-electron chi connectivity index (χ1n) is 13.3. The molecule has 180 valence electrons. The van der Waals surface area contributed by atoms with Gasteiger partial charge in [0.15, 0.2) is 0 Å². The minimum atomic E-state index is 0.475. The van der Waals surface area contributed by atoms with Crippen LogP contribution in [0.5, 0.6) is 5.75 Å². The smallest absolute Gasteiger partial charge is 0.118 e. The van der Waals surface area contributed by atoms with Gasteiger partial charge in [-0.05, 0) is 61.8 Å². The Balaban J connectivity index is 1.59. The lowest BCUT2D eigenvalue weighted by Crippen LogP contribution is -2.01. The molecule has 0 amide bonds. The minimum absolute atomic E-state index is 0.475. The normalized spacial score (nSPS) is 12.5. The summed E-state index contributed by atoms with van der Waals surface area (Å²) in [6.45, 7) is 2.26. The van der Waals surface area contributed by atoms with Gasteiger partial charge in [-0.3, -0.25) is 0 Å². The van der Waals surface area contributed by atoms with Crippen molar-refractivity contribution in [2.24, 2.45) is 0 Å². The fraction of sp³-hybridized carbons (Fsp3) is 0.500. The highest BCUT2D eigenvalue weighted by molar-refractivity contribution is 5.35. The largest absolute Gasteiger partial charge is 0.497 e. The number of hydrogen-bond donors (Lipinski definition) is 0. The van der Waals surface area contributed by atoms with Crippen molar-refractivity contribution in [3.8, 4) is 5.75 Å². The van der Waals surface area contributed by atoms with Crippen LogP contribution in [0, 0.1) is 0 Å². The second-order valence-corrected chi connectivity index (χ2v) is 9.11. The molecule has 0 fully saturated rings. The summed E-state index contributed by atoms with van der Waals surface area (Å²) in [5.41, 5.74) is 2.81. The lowest BCUT2D eigenvalue weighted by atomic mass is 9.86. The third kappa shape index (κ3) is 11.9. The van der Waals surface area contributed by atoms with Crippen molar-refractivity contribution >= 4 is 0 Å². The second kappa shape index (κ2) is 18.2. The van der Waals surface area contributed by atoms with Crippen molar-refractivity contribution in [3.63, 3.8) is 0 Å². The maximum Gasteiger partial charge on any atom is 0.118 e. The standard InChI is InChI=1S/C32H46O/c1-3-4-5-6-7-8-9-10-11-12-13-14-15-16-17-21-24-32(29-22-19-18-20-23-29)30-25-27-31(33-2)28-26-30/h7-8,10-11,18-20,22-23,25-28,32H,3-6,9,12-17,21,24H2,1-2H3/b8-7+,11-10-. The molecule has 0 bridgehead atoms. The minimum Gasteiger partial charge on any atom is -0.497 e. The molecule has 1 nitrogen and oxygen atoms in total. The van der Waals surface area contributed by atoms with Crippen molar-refractivity contribution in [2.45, 2.75) is 96.3 Å². The first kappa shape index (κ1) is 27.0. The second-order valence-electron chi connectivity index (χ2n) is 9.11. The summed E-state index contributed by atoms with van der Waals surface area (Å²) in [7, 11) is 1.73. The molecule has 33 heavy (non-hydrogen) atoms. The molecular weight excluding hydrogens is 400 g/mol. The molecule has 0 aromatic heterocycles. The lowest BCUT2D eigenvalue weighted by molar-refractivity contribution is 0.414. The summed E-state index contributed by atoms with van der Waals surface area (Å²) in [6, 6.07) is 19.6. The van der Waals surface area contributed by atoms with Gasteiger partial charge in [-0.1, -0.05) is 119 Å². The van der Waals surface area contributed by atoms with E-state index in [1.54, 1.807) is 7.11 Å². The van der Waals surface area contributed by atoms with Crippen LogP contribution in [0.2, 0.25) is 0 Å². The highest BCUT2D eigenvalue weighted by Crippen LogP contribution is 2.31. The van der Waals surface area contributed by atoms with Gasteiger partial charge in [-0.2, -0.15) is 0 Å². The predicted molar refractivity (Wildman–Crippen MR) is 145 cm³/mol. The van der Waals surface area contributed by atoms with Crippen LogP contribution in [0.15, 0.2) is 78.9 Å². The molecule has 0 aliphatic heterocycles. The maximum absolute atomic E-state index is 5.34. The Bertz CT molecular complexity index is 757. The number of allylic oxidation sites excluding steroid dienone is 4. The van der Waals surface area contributed by atoms with E-state index in [1.807, 2.05) is 0 Å². The fourth-order valence-electron chi connectivity index (χ4n) is 4.38. The highest BCUT2D eigenvalue weighted by Gasteiger charge is 2.13. The Labute approximate surface area is 204 Å². The Kier molecular flexibility index (Phi) is 14.9. The number of rotatable bonds is 18. The molecule has 0 radical (unpaired) electrons. The van der Waals surface area contributed by atoms with Gasteiger partial charge < -0.3 is 4.74 Å². The van der Waals surface area contributed by atoms with Crippen molar-refractivity contribution in [1.29, 1.82) is 0 Å². The van der Waals surface area contributed by atoms with Crippen molar-refractivity contribution in [1.82, 2.24) is 0 Å². The molecule has 0 spiro atoms. The number of benzene rings is 2. The van der Waals surface area contributed by atoms with Gasteiger partial charge in [0.05, 0.1) is 7.11 Å². The van der Waals surface area contributed by atoms with E-state index in [4.69, 9.17) is 4.74 Å². The summed E-state index contributed by atoms with van der Waals surface area (Å²) in [6.07, 6.45) is 26.2. The highest BCUT2D eigenvalue weighted by atomic mass is 16.5. The molecule has 0 saturated heterocycles. The van der Waals surface area contributed by atoms with Crippen LogP contribution in [0.1, 0.15) is 107 Å². The van der Waals surface area contributed by atoms with Gasteiger partial charge >= 0.3 is 0 Å². The number of unbranched alkanes of at least 4 members (excludes halogenated alkanes) is 9. The van der Waals surface area contributed by atoms with E-state index < -0.39 is 0 Å². The summed E-state index contributed by atoms with van der Waals surface area (Å²) >= 11 is 0. The van der Waals surface area contributed by atoms with Crippen LogP contribution in [0.25, 0.3) is 0 Å². The molecule has 2 rings (SSSR count). The van der Waals surface area contributed by atoms with Crippen molar-refractivity contribution in [3.05, 3.63) is 90.0 Å². The van der Waals surface area contributed by atoms with Crippen LogP contribution in [0.3, 0.4) is 0 Å². The van der Waals surface area contributed by atoms with E-state index in [9.17, 15) is 0 Å². The SMILES string of the molecule is CCCCC/C=C/C/C=C\CCCCCCCCC(c1ccccc1)c1ccc(OC)cc1. The molecule has 1 unspecified atom stereocenters. The number of hydrogen-bond acceptors (Lipinski definition) is 1. The molecule has 0 heterocycles. The first-order valence-corrected chi connectivity index (χ1v) is 13.3. The van der Waals surface area contributed by atoms with Crippen molar-refractivity contribution in [2.75, 3.05) is 7.11 Å². The quantitative estimate of drug-likeness (QED) is 0.163. The molecule has 2 aromatic rings. The molecule has 1 heteroatoms. The Hall–Kier alpha value is -2.28. The van der Waals surface area contributed by atoms with E-state index in [0.717, 1.165) is 12.2 Å². The summed E-state index contributed by atoms with van der Waals surface area (Å²) in [4.78, 5) is 0. The zero-order valence-corrected chi connectivity index (χ0v) is 21.2. The molecule has 0 aliphatic rings. The molecule has 1 atom stereocenters. The summed E-state index contributed by atoms with van der Waals surface area (Å²) in [5.74, 6) is 1.40. The van der Waals surface area contributed by atoms with Gasteiger partial charge in [-0.15, -0.1) is 0 Å². The zero-order chi connectivity index (χ0) is 23.4. The lowest BCUT2D eigenvalue weighted by Gasteiger charge is -2.18. The number of ether oxygens (including phenoxy) is 1. The van der Waals surface area contributed by atoms with Gasteiger partial charge in [0.1, 0.15) is 5.75 Å². The molecule has 0 saturated carbocycles. The monoisotopic (exact) mass is 446 g/mol. The predicted octanol–water partition coefficient (Wildman–Crippen LogP) is 10.0. The molecule has 0 aliphatic carbocycles. The molecule has 2 aromatic carbocycles. The Morgan fingerprint density at radius 1 is 0.636 bits per heavy atom. The third-order valence-corrected chi connectivity index (χ3v) is 6.41. The van der Waals surface area contributed by atoms with Crippen molar-refractivity contribution < 1.29 is 4.74 Å². The van der Waals surface area contributed by atoms with E-state index in [2.05, 4.69) is 85.8 Å². The van der Waals surface area contributed by atoms with E-state index >= 15 is 0 Å². The van der Waals surface area contributed by atoms with Crippen LogP contribution in [-0.4, -0.2) is 7.11 Å². The average molecular weight is 447 g/mol. The van der Waals surface area contributed by atoms with Gasteiger partial charge in [0, 0.05) is 5.92 Å². The first-order chi connectivity index (χ1) is 16.3. The van der Waals surface area contributed by atoms with Crippen LogP contribution in [-0.2, 0) is 0 Å². The van der Waals surface area contributed by atoms with E-state index in [-0.39, 0.29) is 0 Å². The summed E-state index contributed by atoms with van der Waals surface area (Å²) < 4.78 is 5.34.